The molecule has 0 heterocycles. The Bertz CT molecular complexity index is 90.6. The van der Waals surface area contributed by atoms with Crippen LogP contribution < -0.4 is 5.32 Å². The average Bonchev–Trinajstić information content (AvgIpc) is 2.10. The van der Waals surface area contributed by atoms with Crippen molar-refractivity contribution in [2.75, 3.05) is 31.0 Å². The second kappa shape index (κ2) is 9.69. The molecule has 0 spiro atoms. The first-order valence-corrected chi connectivity index (χ1v) is 6.49. The van der Waals surface area contributed by atoms with Crippen molar-refractivity contribution in [2.24, 2.45) is 5.92 Å². The standard InChI is InChI=1S/C9H20ClNS/c1-9(8-10)4-3-5-11-6-7-12-2/h9,11H,3-8H2,1-2H3. The van der Waals surface area contributed by atoms with Crippen molar-refractivity contribution in [2.45, 2.75) is 19.8 Å². The van der Waals surface area contributed by atoms with Crippen molar-refractivity contribution < 1.29 is 0 Å². The summed E-state index contributed by atoms with van der Waals surface area (Å²) in [4.78, 5) is 0. The average molecular weight is 210 g/mol. The molecule has 0 aromatic heterocycles. The molecule has 1 nitrogen and oxygen atoms in total. The molecule has 0 fully saturated rings. The Morgan fingerprint density at radius 3 is 2.75 bits per heavy atom. The lowest BCUT2D eigenvalue weighted by molar-refractivity contribution is 0.538. The number of rotatable bonds is 8. The number of hydrogen-bond donors (Lipinski definition) is 1. The lowest BCUT2D eigenvalue weighted by atomic mass is 10.1. The van der Waals surface area contributed by atoms with Gasteiger partial charge in [-0.3, -0.25) is 0 Å². The van der Waals surface area contributed by atoms with E-state index in [4.69, 9.17) is 11.6 Å². The highest BCUT2D eigenvalue weighted by molar-refractivity contribution is 7.98. The van der Waals surface area contributed by atoms with Crippen molar-refractivity contribution in [3.63, 3.8) is 0 Å². The highest BCUT2D eigenvalue weighted by atomic mass is 35.5. The third kappa shape index (κ3) is 8.69. The molecule has 0 aromatic rings. The van der Waals surface area contributed by atoms with Crippen molar-refractivity contribution in [3.05, 3.63) is 0 Å². The summed E-state index contributed by atoms with van der Waals surface area (Å²) < 4.78 is 0. The van der Waals surface area contributed by atoms with Crippen LogP contribution in [-0.2, 0) is 0 Å². The molecule has 1 atom stereocenters. The normalized spacial score (nSPS) is 13.2. The van der Waals surface area contributed by atoms with E-state index in [1.54, 1.807) is 0 Å². The van der Waals surface area contributed by atoms with Gasteiger partial charge in [0.15, 0.2) is 0 Å². The fourth-order valence-electron chi connectivity index (χ4n) is 0.952. The molecule has 0 saturated heterocycles. The Hall–Kier alpha value is 0.600. The lowest BCUT2D eigenvalue weighted by Crippen LogP contribution is -2.18. The molecule has 0 aliphatic heterocycles. The number of alkyl halides is 1. The molecule has 0 saturated carbocycles. The number of hydrogen-bond acceptors (Lipinski definition) is 2. The van der Waals surface area contributed by atoms with Gasteiger partial charge in [-0.25, -0.2) is 0 Å². The van der Waals surface area contributed by atoms with E-state index in [-0.39, 0.29) is 0 Å². The van der Waals surface area contributed by atoms with Crippen LogP contribution >= 0.6 is 23.4 Å². The van der Waals surface area contributed by atoms with E-state index in [1.807, 2.05) is 11.8 Å². The molecule has 0 rings (SSSR count). The molecule has 0 bridgehead atoms. The van der Waals surface area contributed by atoms with E-state index in [2.05, 4.69) is 18.5 Å². The van der Waals surface area contributed by atoms with Crippen LogP contribution in [0.4, 0.5) is 0 Å². The van der Waals surface area contributed by atoms with Crippen LogP contribution in [0.25, 0.3) is 0 Å². The number of halogens is 1. The maximum absolute atomic E-state index is 5.69. The first-order chi connectivity index (χ1) is 5.81. The molecule has 0 aliphatic rings. The molecular weight excluding hydrogens is 190 g/mol. The zero-order valence-corrected chi connectivity index (χ0v) is 9.68. The van der Waals surface area contributed by atoms with E-state index < -0.39 is 0 Å². The van der Waals surface area contributed by atoms with Crippen LogP contribution in [0.15, 0.2) is 0 Å². The maximum Gasteiger partial charge on any atom is 0.0249 e. The SMILES string of the molecule is CSCCNCCCC(C)CCl. The molecule has 12 heavy (non-hydrogen) atoms. The van der Waals surface area contributed by atoms with Gasteiger partial charge in [0.25, 0.3) is 0 Å². The number of thioether (sulfide) groups is 1. The van der Waals surface area contributed by atoms with E-state index >= 15 is 0 Å². The van der Waals surface area contributed by atoms with Crippen molar-refractivity contribution in [1.82, 2.24) is 5.32 Å². The zero-order valence-electron chi connectivity index (χ0n) is 8.11. The first kappa shape index (κ1) is 12.6. The van der Waals surface area contributed by atoms with Gasteiger partial charge in [0.05, 0.1) is 0 Å². The summed E-state index contributed by atoms with van der Waals surface area (Å²) in [6, 6.07) is 0. The Kier molecular flexibility index (Phi) is 10.2. The second-order valence-electron chi connectivity index (χ2n) is 3.14. The molecule has 1 unspecified atom stereocenters. The van der Waals surface area contributed by atoms with Gasteiger partial charge in [-0.15, -0.1) is 11.6 Å². The van der Waals surface area contributed by atoms with Gasteiger partial charge in [-0.05, 0) is 31.6 Å². The van der Waals surface area contributed by atoms with Crippen LogP contribution in [0.1, 0.15) is 19.8 Å². The van der Waals surface area contributed by atoms with E-state index in [1.165, 1.54) is 18.6 Å². The summed E-state index contributed by atoms with van der Waals surface area (Å²) in [5.74, 6) is 2.68. The Morgan fingerprint density at radius 2 is 2.17 bits per heavy atom. The van der Waals surface area contributed by atoms with E-state index in [9.17, 15) is 0 Å². The highest BCUT2D eigenvalue weighted by Crippen LogP contribution is 2.05. The summed E-state index contributed by atoms with van der Waals surface area (Å²) in [5, 5.41) is 3.40. The van der Waals surface area contributed by atoms with Crippen LogP contribution in [0, 0.1) is 5.92 Å². The minimum atomic E-state index is 0.675. The molecular formula is C9H20ClNS. The largest absolute Gasteiger partial charge is 0.316 e. The maximum atomic E-state index is 5.69. The van der Waals surface area contributed by atoms with Crippen LogP contribution in [0.2, 0.25) is 0 Å². The zero-order chi connectivity index (χ0) is 9.23. The van der Waals surface area contributed by atoms with E-state index in [0.29, 0.717) is 5.92 Å². The third-order valence-corrected chi connectivity index (χ3v) is 2.94. The van der Waals surface area contributed by atoms with Crippen LogP contribution in [0.5, 0.6) is 0 Å². The summed E-state index contributed by atoms with van der Waals surface area (Å²) in [6.45, 7) is 4.48. The minimum absolute atomic E-state index is 0.675. The Labute approximate surface area is 85.6 Å². The van der Waals surface area contributed by atoms with Gasteiger partial charge in [0, 0.05) is 18.2 Å². The topological polar surface area (TPSA) is 12.0 Å². The predicted molar refractivity (Wildman–Crippen MR) is 60.4 cm³/mol. The smallest absolute Gasteiger partial charge is 0.0249 e. The quantitative estimate of drug-likeness (QED) is 0.487. The minimum Gasteiger partial charge on any atom is -0.316 e. The monoisotopic (exact) mass is 209 g/mol. The fraction of sp³-hybridized carbons (Fsp3) is 1.00. The van der Waals surface area contributed by atoms with Crippen molar-refractivity contribution in [1.29, 1.82) is 0 Å². The van der Waals surface area contributed by atoms with Gasteiger partial charge in [-0.2, -0.15) is 11.8 Å². The third-order valence-electron chi connectivity index (χ3n) is 1.80. The Balaban J connectivity index is 2.90. The van der Waals surface area contributed by atoms with Gasteiger partial charge in [0.1, 0.15) is 0 Å². The molecule has 0 radical (unpaired) electrons. The van der Waals surface area contributed by atoms with E-state index in [0.717, 1.165) is 19.0 Å². The van der Waals surface area contributed by atoms with Gasteiger partial charge in [-0.1, -0.05) is 6.92 Å². The van der Waals surface area contributed by atoms with Crippen molar-refractivity contribution in [3.8, 4) is 0 Å². The fourth-order valence-corrected chi connectivity index (χ4v) is 1.45. The predicted octanol–water partition coefficient (Wildman–Crippen LogP) is 2.59. The van der Waals surface area contributed by atoms with Gasteiger partial charge in [0.2, 0.25) is 0 Å². The first-order valence-electron chi connectivity index (χ1n) is 4.57. The summed E-state index contributed by atoms with van der Waals surface area (Å²) in [5.41, 5.74) is 0. The van der Waals surface area contributed by atoms with Crippen LogP contribution in [0.3, 0.4) is 0 Å². The second-order valence-corrected chi connectivity index (χ2v) is 4.44. The molecule has 1 N–H and O–H groups in total. The van der Waals surface area contributed by atoms with Gasteiger partial charge < -0.3 is 5.32 Å². The molecule has 3 heteroatoms. The van der Waals surface area contributed by atoms with Crippen LogP contribution in [-0.4, -0.2) is 31.0 Å². The summed E-state index contributed by atoms with van der Waals surface area (Å²) >= 11 is 7.58. The molecule has 0 aliphatic carbocycles. The van der Waals surface area contributed by atoms with Gasteiger partial charge >= 0.3 is 0 Å². The Morgan fingerprint density at radius 1 is 1.42 bits per heavy atom. The summed E-state index contributed by atoms with van der Waals surface area (Å²) in [6.07, 6.45) is 4.63. The number of nitrogens with one attached hydrogen (secondary N) is 1. The lowest BCUT2D eigenvalue weighted by Gasteiger charge is -2.07. The molecule has 0 aromatic carbocycles. The molecule has 0 amide bonds. The summed E-state index contributed by atoms with van der Waals surface area (Å²) in [7, 11) is 0. The highest BCUT2D eigenvalue weighted by Gasteiger charge is 1.98. The molecule has 74 valence electrons. The van der Waals surface area contributed by atoms with Crippen molar-refractivity contribution >= 4 is 23.4 Å².